The van der Waals surface area contributed by atoms with Gasteiger partial charge in [0.2, 0.25) is 0 Å². The molecule has 1 unspecified atom stereocenters. The number of carbonyl (C=O) groups is 1. The summed E-state index contributed by atoms with van der Waals surface area (Å²) in [6.45, 7) is 5.92. The molecule has 0 bridgehead atoms. The Labute approximate surface area is 108 Å². The van der Waals surface area contributed by atoms with Gasteiger partial charge in [0.1, 0.15) is 5.75 Å². The van der Waals surface area contributed by atoms with E-state index >= 15 is 0 Å². The van der Waals surface area contributed by atoms with E-state index in [-0.39, 0.29) is 11.2 Å². The predicted molar refractivity (Wildman–Crippen MR) is 71.9 cm³/mol. The summed E-state index contributed by atoms with van der Waals surface area (Å²) in [5.74, 6) is 0.818. The molecule has 98 valence electrons. The van der Waals surface area contributed by atoms with E-state index in [0.29, 0.717) is 11.7 Å². The first kappa shape index (κ1) is 13.1. The van der Waals surface area contributed by atoms with E-state index in [0.717, 1.165) is 18.6 Å². The van der Waals surface area contributed by atoms with Crippen molar-refractivity contribution in [3.8, 4) is 5.75 Å². The van der Waals surface area contributed by atoms with E-state index in [1.807, 2.05) is 32.9 Å². The molecule has 3 nitrogen and oxygen atoms in total. The van der Waals surface area contributed by atoms with Crippen LogP contribution in [0.5, 0.6) is 5.75 Å². The number of ether oxygens (including phenoxy) is 1. The van der Waals surface area contributed by atoms with Crippen LogP contribution in [0, 0.1) is 5.41 Å². The molecule has 1 aliphatic carbocycles. The molecule has 0 aromatic heterocycles. The molecule has 1 aromatic rings. The Morgan fingerprint density at radius 3 is 2.28 bits per heavy atom. The maximum Gasteiger partial charge on any atom is 0.180 e. The summed E-state index contributed by atoms with van der Waals surface area (Å²) < 4.78 is 5.65. The topological polar surface area (TPSA) is 52.3 Å². The minimum atomic E-state index is -0.479. The number of ketones is 1. The molecule has 1 aliphatic rings. The number of Topliss-reactive ketones (excluding diaryl/α,β-unsaturated/α-hetero) is 1. The molecule has 0 amide bonds. The molecule has 0 heterocycles. The summed E-state index contributed by atoms with van der Waals surface area (Å²) in [5, 5.41) is 0. The molecule has 3 heteroatoms. The van der Waals surface area contributed by atoms with Crippen molar-refractivity contribution in [3.05, 3.63) is 29.8 Å². The summed E-state index contributed by atoms with van der Waals surface area (Å²) in [4.78, 5) is 12.2. The number of rotatable bonds is 4. The van der Waals surface area contributed by atoms with Crippen LogP contribution >= 0.6 is 0 Å². The minimum Gasteiger partial charge on any atom is -0.490 e. The van der Waals surface area contributed by atoms with Gasteiger partial charge >= 0.3 is 0 Å². The Kier molecular flexibility index (Phi) is 3.44. The summed E-state index contributed by atoms with van der Waals surface area (Å²) >= 11 is 0. The molecule has 0 spiro atoms. The van der Waals surface area contributed by atoms with Crippen molar-refractivity contribution >= 4 is 5.78 Å². The van der Waals surface area contributed by atoms with Crippen LogP contribution in [0.2, 0.25) is 0 Å². The number of carbonyl (C=O) groups excluding carboxylic acids is 1. The average molecular weight is 247 g/mol. The standard InChI is InChI=1S/C15H21NO2/c1-15(2,3)14(16)13(17)10-4-6-11(7-5-10)18-12-8-9-12/h4-7,12,14H,8-9,16H2,1-3H3. The highest BCUT2D eigenvalue weighted by atomic mass is 16.5. The zero-order valence-corrected chi connectivity index (χ0v) is 11.3. The number of hydrogen-bond donors (Lipinski definition) is 1. The van der Waals surface area contributed by atoms with Crippen molar-refractivity contribution in [1.29, 1.82) is 0 Å². The van der Waals surface area contributed by atoms with Crippen LogP contribution < -0.4 is 10.5 Å². The lowest BCUT2D eigenvalue weighted by atomic mass is 9.83. The predicted octanol–water partition coefficient (Wildman–Crippen LogP) is 2.78. The van der Waals surface area contributed by atoms with E-state index in [4.69, 9.17) is 10.5 Å². The first-order chi connectivity index (χ1) is 8.38. The molecule has 2 N–H and O–H groups in total. The smallest absolute Gasteiger partial charge is 0.180 e. The fraction of sp³-hybridized carbons (Fsp3) is 0.533. The van der Waals surface area contributed by atoms with Crippen molar-refractivity contribution < 1.29 is 9.53 Å². The molecule has 1 saturated carbocycles. The molecule has 2 rings (SSSR count). The first-order valence-corrected chi connectivity index (χ1v) is 6.44. The molecule has 1 fully saturated rings. The van der Waals surface area contributed by atoms with Gasteiger partial charge < -0.3 is 10.5 Å². The van der Waals surface area contributed by atoms with Crippen LogP contribution in [0.1, 0.15) is 44.0 Å². The van der Waals surface area contributed by atoms with E-state index in [1.54, 1.807) is 12.1 Å². The van der Waals surface area contributed by atoms with Gasteiger partial charge in [-0.1, -0.05) is 20.8 Å². The van der Waals surface area contributed by atoms with Gasteiger partial charge in [0.05, 0.1) is 12.1 Å². The third-order valence-corrected chi connectivity index (χ3v) is 3.18. The summed E-state index contributed by atoms with van der Waals surface area (Å²) in [6.07, 6.45) is 2.65. The Balaban J connectivity index is 2.06. The quantitative estimate of drug-likeness (QED) is 0.832. The molecule has 0 radical (unpaired) electrons. The van der Waals surface area contributed by atoms with E-state index in [1.165, 1.54) is 0 Å². The maximum absolute atomic E-state index is 12.2. The zero-order chi connectivity index (χ0) is 13.3. The Bertz CT molecular complexity index is 427. The second-order valence-electron chi connectivity index (χ2n) is 6.05. The third kappa shape index (κ3) is 3.10. The second kappa shape index (κ2) is 4.73. The van der Waals surface area contributed by atoms with Gasteiger partial charge in [-0.05, 0) is 42.5 Å². The molecular formula is C15H21NO2. The van der Waals surface area contributed by atoms with Crippen LogP contribution in [0.3, 0.4) is 0 Å². The largest absolute Gasteiger partial charge is 0.490 e. The molecule has 1 atom stereocenters. The Morgan fingerprint density at radius 1 is 1.28 bits per heavy atom. The SMILES string of the molecule is CC(C)(C)C(N)C(=O)c1ccc(OC2CC2)cc1. The number of nitrogens with two attached hydrogens (primary N) is 1. The third-order valence-electron chi connectivity index (χ3n) is 3.18. The van der Waals surface area contributed by atoms with Gasteiger partial charge in [-0.3, -0.25) is 4.79 Å². The van der Waals surface area contributed by atoms with Gasteiger partial charge in [0.25, 0.3) is 0 Å². The molecule has 1 aromatic carbocycles. The lowest BCUT2D eigenvalue weighted by Crippen LogP contribution is -2.42. The summed E-state index contributed by atoms with van der Waals surface area (Å²) in [5.41, 5.74) is 6.41. The van der Waals surface area contributed by atoms with Gasteiger partial charge in [-0.15, -0.1) is 0 Å². The second-order valence-corrected chi connectivity index (χ2v) is 6.05. The molecular weight excluding hydrogens is 226 g/mol. The highest BCUT2D eigenvalue weighted by Gasteiger charge is 2.28. The van der Waals surface area contributed by atoms with Crippen molar-refractivity contribution in [1.82, 2.24) is 0 Å². The first-order valence-electron chi connectivity index (χ1n) is 6.44. The van der Waals surface area contributed by atoms with Gasteiger partial charge in [-0.25, -0.2) is 0 Å². The number of benzene rings is 1. The molecule has 0 saturated heterocycles. The summed E-state index contributed by atoms with van der Waals surface area (Å²) in [7, 11) is 0. The van der Waals surface area contributed by atoms with Crippen molar-refractivity contribution in [2.75, 3.05) is 0 Å². The van der Waals surface area contributed by atoms with Crippen LogP contribution in [-0.2, 0) is 0 Å². The van der Waals surface area contributed by atoms with E-state index in [2.05, 4.69) is 0 Å². The molecule has 0 aliphatic heterocycles. The van der Waals surface area contributed by atoms with Gasteiger partial charge in [-0.2, -0.15) is 0 Å². The number of hydrogen-bond acceptors (Lipinski definition) is 3. The lowest BCUT2D eigenvalue weighted by molar-refractivity contribution is 0.0901. The van der Waals surface area contributed by atoms with Crippen molar-refractivity contribution in [3.63, 3.8) is 0 Å². The van der Waals surface area contributed by atoms with E-state index < -0.39 is 6.04 Å². The van der Waals surface area contributed by atoms with Crippen LogP contribution in [0.25, 0.3) is 0 Å². The van der Waals surface area contributed by atoms with Crippen LogP contribution in [0.15, 0.2) is 24.3 Å². The zero-order valence-electron chi connectivity index (χ0n) is 11.3. The molecule has 18 heavy (non-hydrogen) atoms. The fourth-order valence-electron chi connectivity index (χ4n) is 1.65. The van der Waals surface area contributed by atoms with Crippen molar-refractivity contribution in [2.45, 2.75) is 45.8 Å². The Hall–Kier alpha value is -1.35. The highest BCUT2D eigenvalue weighted by molar-refractivity contribution is 6.00. The summed E-state index contributed by atoms with van der Waals surface area (Å²) in [6, 6.07) is 6.81. The highest BCUT2D eigenvalue weighted by Crippen LogP contribution is 2.27. The van der Waals surface area contributed by atoms with Crippen LogP contribution in [-0.4, -0.2) is 17.9 Å². The van der Waals surface area contributed by atoms with Gasteiger partial charge in [0.15, 0.2) is 5.78 Å². The van der Waals surface area contributed by atoms with Crippen molar-refractivity contribution in [2.24, 2.45) is 11.1 Å². The lowest BCUT2D eigenvalue weighted by Gasteiger charge is -2.25. The minimum absolute atomic E-state index is 0.0135. The van der Waals surface area contributed by atoms with Gasteiger partial charge in [0, 0.05) is 5.56 Å². The normalized spacial score (nSPS) is 17.3. The fourth-order valence-corrected chi connectivity index (χ4v) is 1.65. The maximum atomic E-state index is 12.2. The van der Waals surface area contributed by atoms with Crippen LogP contribution in [0.4, 0.5) is 0 Å². The van der Waals surface area contributed by atoms with E-state index in [9.17, 15) is 4.79 Å². The Morgan fingerprint density at radius 2 is 1.83 bits per heavy atom. The average Bonchev–Trinajstić information content (AvgIpc) is 3.11. The monoisotopic (exact) mass is 247 g/mol.